The van der Waals surface area contributed by atoms with Gasteiger partial charge in [-0.1, -0.05) is 6.07 Å². The number of rotatable bonds is 3. The highest BCUT2D eigenvalue weighted by atomic mass is 35.5. The van der Waals surface area contributed by atoms with Gasteiger partial charge in [-0.3, -0.25) is 4.90 Å². The van der Waals surface area contributed by atoms with Crippen LogP contribution in [0.15, 0.2) is 18.2 Å². The lowest BCUT2D eigenvalue weighted by Gasteiger charge is -2.27. The predicted octanol–water partition coefficient (Wildman–Crippen LogP) is 3.84. The van der Waals surface area contributed by atoms with Gasteiger partial charge < -0.3 is 5.32 Å². The fourth-order valence-electron chi connectivity index (χ4n) is 2.75. The molecule has 1 aromatic carbocycles. The first-order valence-corrected chi connectivity index (χ1v) is 7.14. The van der Waals surface area contributed by atoms with E-state index in [4.69, 9.17) is 0 Å². The highest BCUT2D eigenvalue weighted by Gasteiger charge is 2.34. The molecule has 1 aliphatic rings. The Bertz CT molecular complexity index is 471. The number of hydrogen-bond acceptors (Lipinski definition) is 2. The summed E-state index contributed by atoms with van der Waals surface area (Å²) in [6.45, 7) is 2.30. The number of alkyl halides is 3. The van der Waals surface area contributed by atoms with E-state index >= 15 is 0 Å². The summed E-state index contributed by atoms with van der Waals surface area (Å²) in [7, 11) is 1.91. The van der Waals surface area contributed by atoms with E-state index in [1.165, 1.54) is 6.07 Å². The normalized spacial score (nSPS) is 19.6. The number of benzene rings is 1. The van der Waals surface area contributed by atoms with Crippen LogP contribution in [0, 0.1) is 5.82 Å². The predicted molar refractivity (Wildman–Crippen MR) is 80.6 cm³/mol. The summed E-state index contributed by atoms with van der Waals surface area (Å²) in [5.41, 5.74) is -0.695. The molecule has 1 N–H and O–H groups in total. The molecule has 1 unspecified atom stereocenters. The molecular weight excluding hydrogens is 320 g/mol. The standard InChI is InChI=1S/C15H20F4N2.ClH/c1-21(12-3-2-7-20-8-6-12)10-11-4-5-14(16)13(9-11)15(17,18)19;/h4-5,9,12,20H,2-3,6-8,10H2,1H3;1H. The van der Waals surface area contributed by atoms with E-state index in [1.807, 2.05) is 7.05 Å². The van der Waals surface area contributed by atoms with Gasteiger partial charge in [0.1, 0.15) is 5.82 Å². The maximum absolute atomic E-state index is 13.3. The minimum atomic E-state index is -4.65. The van der Waals surface area contributed by atoms with Gasteiger partial charge in [0.15, 0.2) is 0 Å². The highest BCUT2D eigenvalue weighted by molar-refractivity contribution is 5.85. The third-order valence-corrected chi connectivity index (χ3v) is 3.94. The maximum atomic E-state index is 13.3. The number of nitrogens with zero attached hydrogens (tertiary/aromatic N) is 1. The Labute approximate surface area is 134 Å². The Balaban J connectivity index is 0.00000242. The molecule has 2 rings (SSSR count). The molecule has 0 radical (unpaired) electrons. The van der Waals surface area contributed by atoms with Gasteiger partial charge in [0.05, 0.1) is 5.56 Å². The summed E-state index contributed by atoms with van der Waals surface area (Å²) in [6, 6.07) is 3.59. The van der Waals surface area contributed by atoms with Crippen LogP contribution in [0.5, 0.6) is 0 Å². The van der Waals surface area contributed by atoms with Crippen molar-refractivity contribution in [2.24, 2.45) is 0 Å². The van der Waals surface area contributed by atoms with Crippen molar-refractivity contribution in [2.45, 2.75) is 38.0 Å². The van der Waals surface area contributed by atoms with Crippen LogP contribution in [-0.2, 0) is 12.7 Å². The van der Waals surface area contributed by atoms with E-state index in [0.29, 0.717) is 18.2 Å². The number of halogens is 5. The molecule has 1 atom stereocenters. The topological polar surface area (TPSA) is 15.3 Å². The fraction of sp³-hybridized carbons (Fsp3) is 0.600. The summed E-state index contributed by atoms with van der Waals surface area (Å²) in [5.74, 6) is -1.22. The third-order valence-electron chi connectivity index (χ3n) is 3.94. The fourth-order valence-corrected chi connectivity index (χ4v) is 2.75. The molecule has 1 heterocycles. The Morgan fingerprint density at radius 3 is 2.64 bits per heavy atom. The molecule has 0 saturated carbocycles. The van der Waals surface area contributed by atoms with Crippen LogP contribution < -0.4 is 5.32 Å². The monoisotopic (exact) mass is 340 g/mol. The largest absolute Gasteiger partial charge is 0.419 e. The first-order chi connectivity index (χ1) is 9.88. The van der Waals surface area contributed by atoms with Gasteiger partial charge in [-0.15, -0.1) is 12.4 Å². The molecule has 1 fully saturated rings. The van der Waals surface area contributed by atoms with E-state index < -0.39 is 17.6 Å². The molecular formula is C15H21ClF4N2. The maximum Gasteiger partial charge on any atom is 0.419 e. The third kappa shape index (κ3) is 5.11. The van der Waals surface area contributed by atoms with Crippen molar-refractivity contribution in [3.63, 3.8) is 0 Å². The second-order valence-electron chi connectivity index (χ2n) is 5.56. The van der Waals surface area contributed by atoms with E-state index in [9.17, 15) is 17.6 Å². The van der Waals surface area contributed by atoms with E-state index in [-0.39, 0.29) is 12.4 Å². The van der Waals surface area contributed by atoms with E-state index in [1.54, 1.807) is 0 Å². The summed E-state index contributed by atoms with van der Waals surface area (Å²) < 4.78 is 51.4. The summed E-state index contributed by atoms with van der Waals surface area (Å²) in [6.07, 6.45) is -1.59. The van der Waals surface area contributed by atoms with Crippen molar-refractivity contribution in [1.29, 1.82) is 0 Å². The molecule has 7 heteroatoms. The van der Waals surface area contributed by atoms with Crippen molar-refractivity contribution >= 4 is 12.4 Å². The number of hydrogen-bond donors (Lipinski definition) is 1. The van der Waals surface area contributed by atoms with Gasteiger partial charge in [0, 0.05) is 12.6 Å². The van der Waals surface area contributed by atoms with Crippen LogP contribution >= 0.6 is 12.4 Å². The lowest BCUT2D eigenvalue weighted by atomic mass is 10.1. The lowest BCUT2D eigenvalue weighted by Crippen LogP contribution is -2.32. The zero-order valence-corrected chi connectivity index (χ0v) is 13.2. The SMILES string of the molecule is CN(Cc1ccc(F)c(C(F)(F)F)c1)C1CCCNCC1.Cl. The Kier molecular flexibility index (Phi) is 7.09. The first kappa shape index (κ1) is 19.2. The van der Waals surface area contributed by atoms with Crippen molar-refractivity contribution in [2.75, 3.05) is 20.1 Å². The van der Waals surface area contributed by atoms with Gasteiger partial charge in [0.2, 0.25) is 0 Å². The second kappa shape index (κ2) is 8.13. The van der Waals surface area contributed by atoms with Crippen molar-refractivity contribution in [3.8, 4) is 0 Å². The highest BCUT2D eigenvalue weighted by Crippen LogP contribution is 2.32. The molecule has 0 aromatic heterocycles. The van der Waals surface area contributed by atoms with Crippen molar-refractivity contribution in [3.05, 3.63) is 35.1 Å². The molecule has 0 amide bonds. The molecule has 2 nitrogen and oxygen atoms in total. The zero-order valence-electron chi connectivity index (χ0n) is 12.4. The van der Waals surface area contributed by atoms with E-state index in [2.05, 4.69) is 10.2 Å². The van der Waals surface area contributed by atoms with Gasteiger partial charge in [0.25, 0.3) is 0 Å². The smallest absolute Gasteiger partial charge is 0.317 e. The van der Waals surface area contributed by atoms with Gasteiger partial charge in [-0.2, -0.15) is 13.2 Å². The van der Waals surface area contributed by atoms with Crippen molar-refractivity contribution < 1.29 is 17.6 Å². The molecule has 1 saturated heterocycles. The average Bonchev–Trinajstić information content (AvgIpc) is 2.68. The molecule has 22 heavy (non-hydrogen) atoms. The van der Waals surface area contributed by atoms with Crippen LogP contribution in [0.3, 0.4) is 0 Å². The van der Waals surface area contributed by atoms with Crippen LogP contribution in [0.4, 0.5) is 17.6 Å². The Morgan fingerprint density at radius 2 is 1.95 bits per heavy atom. The zero-order chi connectivity index (χ0) is 15.5. The minimum absolute atomic E-state index is 0. The van der Waals surface area contributed by atoms with Gasteiger partial charge in [-0.25, -0.2) is 4.39 Å². The Morgan fingerprint density at radius 1 is 1.23 bits per heavy atom. The summed E-state index contributed by atoms with van der Waals surface area (Å²) in [4.78, 5) is 2.06. The quantitative estimate of drug-likeness (QED) is 0.841. The molecule has 0 bridgehead atoms. The van der Waals surface area contributed by atoms with E-state index in [0.717, 1.165) is 44.5 Å². The number of nitrogens with one attached hydrogen (secondary N) is 1. The average molecular weight is 341 g/mol. The van der Waals surface area contributed by atoms with Crippen LogP contribution in [0.2, 0.25) is 0 Å². The van der Waals surface area contributed by atoms with Gasteiger partial charge in [-0.05, 0) is 57.1 Å². The van der Waals surface area contributed by atoms with Crippen LogP contribution in [0.1, 0.15) is 30.4 Å². The minimum Gasteiger partial charge on any atom is -0.317 e. The second-order valence-corrected chi connectivity index (χ2v) is 5.56. The summed E-state index contributed by atoms with van der Waals surface area (Å²) in [5, 5.41) is 3.31. The lowest BCUT2D eigenvalue weighted by molar-refractivity contribution is -0.140. The van der Waals surface area contributed by atoms with Crippen molar-refractivity contribution in [1.82, 2.24) is 10.2 Å². The first-order valence-electron chi connectivity index (χ1n) is 7.14. The van der Waals surface area contributed by atoms with Crippen LogP contribution in [0.25, 0.3) is 0 Å². The Hall–Kier alpha value is -0.850. The molecule has 1 aliphatic heterocycles. The molecule has 1 aromatic rings. The molecule has 126 valence electrons. The molecule has 0 aliphatic carbocycles. The summed E-state index contributed by atoms with van der Waals surface area (Å²) >= 11 is 0. The van der Waals surface area contributed by atoms with Gasteiger partial charge >= 0.3 is 6.18 Å². The van der Waals surface area contributed by atoms with Crippen LogP contribution in [-0.4, -0.2) is 31.1 Å². The molecule has 0 spiro atoms.